The molecule has 9 nitrogen and oxygen atoms in total. The van der Waals surface area contributed by atoms with E-state index in [1.807, 2.05) is 0 Å². The topological polar surface area (TPSA) is 114 Å². The van der Waals surface area contributed by atoms with E-state index >= 15 is 0 Å². The van der Waals surface area contributed by atoms with Crippen LogP contribution in [0.4, 0.5) is 16.2 Å². The van der Waals surface area contributed by atoms with Crippen molar-refractivity contribution in [2.75, 3.05) is 22.8 Å². The molecule has 2 N–H and O–H groups in total. The average molecular weight is 496 g/mol. The number of hydrogen-bond donors (Lipinski definition) is 2. The molecule has 34 heavy (non-hydrogen) atoms. The number of nitrogens with one attached hydrogen (secondary N) is 2. The van der Waals surface area contributed by atoms with Crippen molar-refractivity contribution in [3.05, 3.63) is 46.5 Å². The van der Waals surface area contributed by atoms with Crippen LogP contribution in [-0.4, -0.2) is 73.2 Å². The maximum atomic E-state index is 13.4. The Morgan fingerprint density at radius 1 is 1.03 bits per heavy atom. The Morgan fingerprint density at radius 2 is 1.62 bits per heavy atom. The summed E-state index contributed by atoms with van der Waals surface area (Å²) in [4.78, 5) is 21.3. The van der Waals surface area contributed by atoms with Crippen LogP contribution in [0.5, 0.6) is 0 Å². The zero-order valence-corrected chi connectivity index (χ0v) is 19.6. The molecule has 2 aliphatic carbocycles. The molecular weight excluding hydrogens is 465 g/mol. The van der Waals surface area contributed by atoms with Crippen LogP contribution in [-0.2, 0) is 40.6 Å². The first-order valence-electron chi connectivity index (χ1n) is 11.6. The summed E-state index contributed by atoms with van der Waals surface area (Å²) in [5.74, 6) is 0.542. The summed E-state index contributed by atoms with van der Waals surface area (Å²) >= 11 is 0. The summed E-state index contributed by atoms with van der Waals surface area (Å²) in [5.41, 5.74) is 5.98. The van der Waals surface area contributed by atoms with Gasteiger partial charge in [0.05, 0.1) is 24.1 Å². The fourth-order valence-electron chi connectivity index (χ4n) is 5.24. The normalized spacial score (nSPS) is 17.4. The molecule has 0 saturated carbocycles. The molecule has 0 unspecified atom stereocenters. The number of hydrogen-bond acceptors (Lipinski definition) is 6. The van der Waals surface area contributed by atoms with Gasteiger partial charge in [0, 0.05) is 18.9 Å². The molecule has 5 rings (SSSR count). The SMILES string of the molecule is Cc1ncc(N(C2CCOCC2)S(=O)(=O)NC(=O)Nc2c3c(cc4c2CCC4)CCC3)cn1.[NaH]. The van der Waals surface area contributed by atoms with Gasteiger partial charge in [-0.2, -0.15) is 8.42 Å². The molecule has 2 aromatic rings. The van der Waals surface area contributed by atoms with Gasteiger partial charge in [0.2, 0.25) is 0 Å². The monoisotopic (exact) mass is 495 g/mol. The third-order valence-electron chi connectivity index (χ3n) is 6.74. The number of aryl methyl sites for hydroxylation is 3. The second-order valence-electron chi connectivity index (χ2n) is 8.92. The van der Waals surface area contributed by atoms with Crippen LogP contribution in [0, 0.1) is 6.92 Å². The molecule has 1 fully saturated rings. The van der Waals surface area contributed by atoms with Crippen molar-refractivity contribution in [1.29, 1.82) is 0 Å². The summed E-state index contributed by atoms with van der Waals surface area (Å²) in [6.45, 7) is 2.65. The van der Waals surface area contributed by atoms with E-state index in [1.54, 1.807) is 6.92 Å². The van der Waals surface area contributed by atoms with Gasteiger partial charge in [-0.05, 0) is 80.5 Å². The zero-order chi connectivity index (χ0) is 23.0. The number of urea groups is 1. The predicted octanol–water partition coefficient (Wildman–Crippen LogP) is 2.17. The van der Waals surface area contributed by atoms with Crippen LogP contribution in [0.25, 0.3) is 0 Å². The van der Waals surface area contributed by atoms with Crippen molar-refractivity contribution in [3.8, 4) is 0 Å². The van der Waals surface area contributed by atoms with Gasteiger partial charge < -0.3 is 10.1 Å². The number of nitrogens with zero attached hydrogens (tertiary/aromatic N) is 3. The summed E-state index contributed by atoms with van der Waals surface area (Å²) in [6.07, 6.45) is 9.92. The number of benzene rings is 1. The molecular formula is C23H30N5NaO4S. The molecule has 0 radical (unpaired) electrons. The van der Waals surface area contributed by atoms with E-state index in [-0.39, 0.29) is 35.6 Å². The van der Waals surface area contributed by atoms with Crippen molar-refractivity contribution in [1.82, 2.24) is 14.7 Å². The molecule has 0 bridgehead atoms. The third kappa shape index (κ3) is 5.11. The van der Waals surface area contributed by atoms with E-state index in [0.717, 1.165) is 55.3 Å². The van der Waals surface area contributed by atoms with Crippen LogP contribution < -0.4 is 14.3 Å². The number of rotatable bonds is 5. The quantitative estimate of drug-likeness (QED) is 0.615. The number of anilines is 2. The van der Waals surface area contributed by atoms with E-state index in [9.17, 15) is 13.2 Å². The fraction of sp³-hybridized carbons (Fsp3) is 0.522. The van der Waals surface area contributed by atoms with Gasteiger partial charge in [0.1, 0.15) is 5.82 Å². The zero-order valence-electron chi connectivity index (χ0n) is 18.8. The standard InChI is InChI=1S/C23H29N5O4S.Na.H/c1-15-24-13-19(14-25-15)28(18-8-10-32-11-9-18)33(30,31)27-23(29)26-22-20-6-2-4-16(20)12-17-5-3-7-21(17)22;;/h12-14,18H,2-11H2,1H3,(H2,26,27,29);;. The molecule has 1 aliphatic heterocycles. The van der Waals surface area contributed by atoms with Gasteiger partial charge >= 0.3 is 45.8 Å². The van der Waals surface area contributed by atoms with Crippen molar-refractivity contribution >= 4 is 57.2 Å². The van der Waals surface area contributed by atoms with Gasteiger partial charge in [-0.1, -0.05) is 6.07 Å². The summed E-state index contributed by atoms with van der Waals surface area (Å²) in [6, 6.07) is 1.18. The maximum absolute atomic E-state index is 13.4. The second-order valence-corrected chi connectivity index (χ2v) is 10.5. The fourth-order valence-corrected chi connectivity index (χ4v) is 6.60. The first kappa shape index (κ1) is 25.4. The van der Waals surface area contributed by atoms with Crippen LogP contribution in [0.15, 0.2) is 18.5 Å². The third-order valence-corrected chi connectivity index (χ3v) is 8.21. The van der Waals surface area contributed by atoms with Crippen LogP contribution in [0.1, 0.15) is 53.8 Å². The summed E-state index contributed by atoms with van der Waals surface area (Å²) < 4.78 is 35.8. The van der Waals surface area contributed by atoms with Crippen molar-refractivity contribution < 1.29 is 17.9 Å². The molecule has 2 heterocycles. The van der Waals surface area contributed by atoms with Gasteiger partial charge in [-0.3, -0.25) is 0 Å². The number of carbonyl (C=O) groups excluding carboxylic acids is 1. The van der Waals surface area contributed by atoms with E-state index in [1.165, 1.54) is 27.8 Å². The molecule has 1 aromatic carbocycles. The Hall–Kier alpha value is -1.72. The number of aromatic nitrogens is 2. The van der Waals surface area contributed by atoms with Gasteiger partial charge in [-0.15, -0.1) is 0 Å². The second kappa shape index (κ2) is 10.5. The minimum atomic E-state index is -4.20. The van der Waals surface area contributed by atoms with Crippen molar-refractivity contribution in [3.63, 3.8) is 0 Å². The van der Waals surface area contributed by atoms with Gasteiger partial charge in [0.15, 0.2) is 0 Å². The molecule has 1 saturated heterocycles. The van der Waals surface area contributed by atoms with Gasteiger partial charge in [-0.25, -0.2) is 23.8 Å². The molecule has 1 aromatic heterocycles. The van der Waals surface area contributed by atoms with E-state index < -0.39 is 16.2 Å². The van der Waals surface area contributed by atoms with Crippen LogP contribution in [0.2, 0.25) is 0 Å². The number of ether oxygens (including phenoxy) is 1. The molecule has 2 amide bonds. The predicted molar refractivity (Wildman–Crippen MR) is 132 cm³/mol. The number of amides is 2. The molecule has 11 heteroatoms. The Balaban J connectivity index is 0.00000274. The summed E-state index contributed by atoms with van der Waals surface area (Å²) in [5, 5.41) is 2.91. The van der Waals surface area contributed by atoms with Crippen molar-refractivity contribution in [2.24, 2.45) is 0 Å². The molecule has 178 valence electrons. The Morgan fingerprint density at radius 3 is 2.21 bits per heavy atom. The molecule has 0 spiro atoms. The van der Waals surface area contributed by atoms with E-state index in [0.29, 0.717) is 37.6 Å². The molecule has 3 aliphatic rings. The average Bonchev–Trinajstić information content (AvgIpc) is 3.45. The number of fused-ring (bicyclic) bond motifs is 2. The van der Waals surface area contributed by atoms with Gasteiger partial charge in [0.25, 0.3) is 0 Å². The Bertz CT molecular complexity index is 1130. The summed E-state index contributed by atoms with van der Waals surface area (Å²) in [7, 11) is -4.20. The van der Waals surface area contributed by atoms with Crippen LogP contribution >= 0.6 is 0 Å². The first-order chi connectivity index (χ1) is 15.9. The number of carbonyl (C=O) groups is 1. The van der Waals surface area contributed by atoms with Crippen LogP contribution in [0.3, 0.4) is 0 Å². The van der Waals surface area contributed by atoms with E-state index in [2.05, 4.69) is 26.1 Å². The Labute approximate surface area is 222 Å². The molecule has 0 atom stereocenters. The van der Waals surface area contributed by atoms with E-state index in [4.69, 9.17) is 4.74 Å². The minimum absolute atomic E-state index is 0. The van der Waals surface area contributed by atoms with Crippen molar-refractivity contribution in [2.45, 2.75) is 64.3 Å². The Kier molecular flexibility index (Phi) is 7.83. The first-order valence-corrected chi connectivity index (χ1v) is 13.0.